The number of thioether (sulfide) groups is 1. The maximum absolute atomic E-state index is 14.1. The van der Waals surface area contributed by atoms with Crippen molar-refractivity contribution in [2.75, 3.05) is 50.9 Å². The second-order valence-electron chi connectivity index (χ2n) is 23.9. The first-order chi connectivity index (χ1) is 42.6. The molecule has 7 atom stereocenters. The molecule has 0 fully saturated rings. The number of amides is 5. The lowest BCUT2D eigenvalue weighted by Crippen LogP contribution is -2.59. The highest BCUT2D eigenvalue weighted by molar-refractivity contribution is 7.99. The van der Waals surface area contributed by atoms with Crippen LogP contribution in [0, 0.1) is 0 Å². The van der Waals surface area contributed by atoms with Crippen molar-refractivity contribution in [2.24, 2.45) is 28.7 Å². The molecule has 0 rings (SSSR count). The highest BCUT2D eigenvalue weighted by Crippen LogP contribution is 2.18. The van der Waals surface area contributed by atoms with Crippen LogP contribution >= 0.6 is 11.8 Å². The summed E-state index contributed by atoms with van der Waals surface area (Å²) < 4.78 is 11.5. The summed E-state index contributed by atoms with van der Waals surface area (Å²) in [6, 6.07) is -7.60. The van der Waals surface area contributed by atoms with Gasteiger partial charge in [-0.3, -0.25) is 33.6 Å². The van der Waals surface area contributed by atoms with Gasteiger partial charge in [0.1, 0.15) is 42.9 Å². The van der Waals surface area contributed by atoms with Crippen molar-refractivity contribution in [1.29, 1.82) is 0 Å². The molecule has 88 heavy (non-hydrogen) atoms. The van der Waals surface area contributed by atoms with Gasteiger partial charge in [0.05, 0.1) is 12.6 Å². The first-order valence-corrected chi connectivity index (χ1v) is 35.6. The van der Waals surface area contributed by atoms with Crippen LogP contribution in [0.1, 0.15) is 271 Å². The molecule has 17 N–H and O–H groups in total. The Hall–Kier alpha value is -4.13. The Labute approximate surface area is 534 Å². The van der Waals surface area contributed by atoms with Crippen molar-refractivity contribution < 1.29 is 58.0 Å². The molecule has 0 spiro atoms. The Morgan fingerprint density at radius 1 is 0.386 bits per heavy atom. The zero-order valence-electron chi connectivity index (χ0n) is 54.8. The molecule has 514 valence electrons. The lowest BCUT2D eigenvalue weighted by atomic mass is 10.0. The van der Waals surface area contributed by atoms with Crippen LogP contribution in [0.25, 0.3) is 0 Å². The second-order valence-corrected chi connectivity index (χ2v) is 25.0. The minimum atomic E-state index is -1.54. The van der Waals surface area contributed by atoms with Gasteiger partial charge in [0, 0.05) is 24.3 Å². The Bertz CT molecular complexity index is 1810. The van der Waals surface area contributed by atoms with E-state index in [9.17, 15) is 48.6 Å². The highest BCUT2D eigenvalue weighted by atomic mass is 32.2. The third kappa shape index (κ3) is 46.9. The summed E-state index contributed by atoms with van der Waals surface area (Å²) >= 11 is 1.20. The average molecular weight is 1270 g/mol. The third-order valence-corrected chi connectivity index (χ3v) is 17.0. The summed E-state index contributed by atoms with van der Waals surface area (Å²) in [4.78, 5) is 107. The number of carboxylic acids is 1. The maximum Gasteiger partial charge on any atom is 0.326 e. The van der Waals surface area contributed by atoms with Gasteiger partial charge in [-0.1, -0.05) is 168 Å². The van der Waals surface area contributed by atoms with Crippen LogP contribution in [0.5, 0.6) is 0 Å². The number of esters is 2. The number of aliphatic carboxylic acids is 1. The Kier molecular flexibility index (Phi) is 56.4. The van der Waals surface area contributed by atoms with Crippen molar-refractivity contribution in [3.8, 4) is 0 Å². The number of ether oxygens (including phenoxy) is 2. The molecule has 0 bridgehead atoms. The number of aliphatic hydroxyl groups excluding tert-OH is 1. The topological polar surface area (TPSA) is 386 Å². The molecule has 5 amide bonds. The number of hydrogen-bond donors (Lipinski definition) is 12. The van der Waals surface area contributed by atoms with Crippen LogP contribution in [0.15, 0.2) is 0 Å². The number of nitrogens with two attached hydrogens (primary N) is 5. The fraction of sp³-hybridized carbons (Fsp3) is 0.877. The molecule has 0 aromatic rings. The summed E-state index contributed by atoms with van der Waals surface area (Å²) in [5, 5.41) is 33.2. The van der Waals surface area contributed by atoms with Crippen molar-refractivity contribution in [3.05, 3.63) is 0 Å². The highest BCUT2D eigenvalue weighted by Gasteiger charge is 2.33. The number of carboxylic acid groups (broad SMARTS) is 1. The third-order valence-electron chi connectivity index (χ3n) is 15.8. The van der Waals surface area contributed by atoms with Gasteiger partial charge in [-0.15, -0.1) is 0 Å². The molecule has 0 aliphatic heterocycles. The van der Waals surface area contributed by atoms with Crippen molar-refractivity contribution in [3.63, 3.8) is 0 Å². The van der Waals surface area contributed by atoms with Gasteiger partial charge in [0.2, 0.25) is 29.5 Å². The van der Waals surface area contributed by atoms with Crippen LogP contribution in [-0.2, 0) is 47.8 Å². The largest absolute Gasteiger partial charge is 0.480 e. The molecular weight excluding hydrogens is 1140 g/mol. The molecule has 23 heteroatoms. The molecule has 22 nitrogen and oxygen atoms in total. The van der Waals surface area contributed by atoms with Gasteiger partial charge in [-0.2, -0.15) is 11.8 Å². The van der Waals surface area contributed by atoms with Crippen LogP contribution in [-0.4, -0.2) is 151 Å². The summed E-state index contributed by atoms with van der Waals surface area (Å²) in [6.07, 6.45) is 34.6. The summed E-state index contributed by atoms with van der Waals surface area (Å²) in [5.74, 6) is -5.71. The predicted octanol–water partition coefficient (Wildman–Crippen LogP) is 7.48. The fourth-order valence-corrected chi connectivity index (χ4v) is 11.2. The molecule has 0 aromatic carbocycles. The lowest BCUT2D eigenvalue weighted by Gasteiger charge is -2.27. The van der Waals surface area contributed by atoms with E-state index < -0.39 is 90.4 Å². The maximum atomic E-state index is 14.1. The number of nitrogens with one attached hydrogen (secondary N) is 5. The Morgan fingerprint density at radius 3 is 1.03 bits per heavy atom. The normalized spacial score (nSPS) is 13.7. The SMILES string of the molecule is CCCCCCCCCCCCCCCC(=O)OC[C@H](CSCC(N)C(=O)N[C@@H](CO)C(=O)N[C@@H](CCCCN)C(=O)N[C@@H](CCCCN)C(=O)N[C@@H](CCCCN)C(=O)N[C@@H](CCCCN)C(=O)O)OC(=O)CCCCCCCCCCCCCCC. The summed E-state index contributed by atoms with van der Waals surface area (Å²) in [6.45, 7) is 4.72. The van der Waals surface area contributed by atoms with Crippen LogP contribution in [0.4, 0.5) is 0 Å². The van der Waals surface area contributed by atoms with E-state index >= 15 is 0 Å². The number of rotatable bonds is 63. The van der Waals surface area contributed by atoms with Crippen LogP contribution < -0.4 is 55.3 Å². The van der Waals surface area contributed by atoms with Gasteiger partial charge >= 0.3 is 17.9 Å². The molecule has 0 radical (unpaired) electrons. The quantitative estimate of drug-likeness (QED) is 0.0207. The van der Waals surface area contributed by atoms with Crippen molar-refractivity contribution in [2.45, 2.75) is 313 Å². The van der Waals surface area contributed by atoms with E-state index in [2.05, 4.69) is 40.4 Å². The molecule has 0 aliphatic carbocycles. The molecule has 0 heterocycles. The van der Waals surface area contributed by atoms with E-state index in [4.69, 9.17) is 38.1 Å². The zero-order chi connectivity index (χ0) is 65.3. The van der Waals surface area contributed by atoms with Gasteiger partial charge < -0.3 is 74.9 Å². The number of unbranched alkanes of at least 4 members (excludes halogenated alkanes) is 28. The van der Waals surface area contributed by atoms with E-state index in [0.29, 0.717) is 83.8 Å². The van der Waals surface area contributed by atoms with Crippen molar-refractivity contribution in [1.82, 2.24) is 26.6 Å². The van der Waals surface area contributed by atoms with Gasteiger partial charge in [0.15, 0.2) is 0 Å². The Balaban J connectivity index is 5.81. The average Bonchev–Trinajstić information content (AvgIpc) is 3.53. The van der Waals surface area contributed by atoms with Crippen LogP contribution in [0.3, 0.4) is 0 Å². The Morgan fingerprint density at radius 2 is 0.693 bits per heavy atom. The van der Waals surface area contributed by atoms with Crippen molar-refractivity contribution >= 4 is 59.2 Å². The smallest absolute Gasteiger partial charge is 0.326 e. The predicted molar refractivity (Wildman–Crippen MR) is 353 cm³/mol. The first-order valence-electron chi connectivity index (χ1n) is 34.5. The van der Waals surface area contributed by atoms with E-state index in [-0.39, 0.29) is 69.2 Å². The second kappa shape index (κ2) is 59.2. The number of carbonyl (C=O) groups excluding carboxylic acids is 7. The number of hydrogen-bond acceptors (Lipinski definition) is 17. The molecule has 0 aliphatic rings. The molecule has 0 saturated heterocycles. The summed E-state index contributed by atoms with van der Waals surface area (Å²) in [5.41, 5.74) is 29.1. The fourth-order valence-electron chi connectivity index (χ4n) is 10.2. The molecule has 0 aromatic heterocycles. The van der Waals surface area contributed by atoms with Gasteiger partial charge in [0.25, 0.3) is 0 Å². The van der Waals surface area contributed by atoms with Gasteiger partial charge in [-0.05, 0) is 116 Å². The van der Waals surface area contributed by atoms with E-state index in [1.165, 1.54) is 127 Å². The molecular formula is C65H126N10O12S. The first kappa shape index (κ1) is 83.9. The van der Waals surface area contributed by atoms with Crippen LogP contribution in [0.2, 0.25) is 0 Å². The van der Waals surface area contributed by atoms with E-state index in [1.807, 2.05) is 0 Å². The molecule has 0 saturated carbocycles. The minimum Gasteiger partial charge on any atom is -0.480 e. The zero-order valence-corrected chi connectivity index (χ0v) is 55.6. The standard InChI is InChI=1S/C65H126N10O12S/c1-3-5-7-9-11-13-15-17-19-21-23-25-27-41-58(77)86-48-51(87-59(78)42-28-26-24-22-20-18-16-14-12-10-8-6-4-2)49-88-50-52(70)60(79)75-57(47-76)64(83)73-54(38-30-34-44-67)62(81)71-53(37-29-33-43-66)61(80)72-55(39-31-35-45-68)63(82)74-56(65(84)85)40-32-36-46-69/h51-57,76H,3-50,66-70H2,1-2H3,(H,71,81)(H,72,80)(H,73,83)(H,74,82)(H,75,79)(H,84,85)/t51-,52?,53+,54+,55+,56+,57+/m1/s1. The lowest BCUT2D eigenvalue weighted by molar-refractivity contribution is -0.157. The van der Waals surface area contributed by atoms with Gasteiger partial charge in [-0.25, -0.2) is 4.79 Å². The minimum absolute atomic E-state index is 0.00755. The van der Waals surface area contributed by atoms with E-state index in [1.54, 1.807) is 0 Å². The van der Waals surface area contributed by atoms with E-state index in [0.717, 1.165) is 38.5 Å². The number of carbonyl (C=O) groups is 8. The monoisotopic (exact) mass is 1270 g/mol. The summed E-state index contributed by atoms with van der Waals surface area (Å²) in [7, 11) is 0. The number of aliphatic hydroxyl groups is 1. The molecule has 1 unspecified atom stereocenters.